The van der Waals surface area contributed by atoms with E-state index < -0.39 is 15.7 Å². The first-order chi connectivity index (χ1) is 13.9. The third-order valence-corrected chi connectivity index (χ3v) is 5.92. The maximum atomic E-state index is 12.5. The second-order valence-corrected chi connectivity index (χ2v) is 8.27. The zero-order chi connectivity index (χ0) is 20.4. The van der Waals surface area contributed by atoms with Crippen LogP contribution in [0.2, 0.25) is 0 Å². The van der Waals surface area contributed by atoms with Crippen molar-refractivity contribution in [2.24, 2.45) is 0 Å². The molecule has 0 atom stereocenters. The summed E-state index contributed by atoms with van der Waals surface area (Å²) in [6.45, 7) is 3.85. The van der Waals surface area contributed by atoms with E-state index in [0.29, 0.717) is 22.6 Å². The van der Waals surface area contributed by atoms with Crippen LogP contribution in [0.4, 0.5) is 5.69 Å². The third kappa shape index (κ3) is 3.97. The van der Waals surface area contributed by atoms with Gasteiger partial charge in [-0.25, -0.2) is 8.42 Å². The van der Waals surface area contributed by atoms with Crippen LogP contribution in [-0.4, -0.2) is 14.3 Å². The molecule has 6 heteroatoms. The highest BCUT2D eigenvalue weighted by atomic mass is 32.2. The normalized spacial score (nSPS) is 13.5. The summed E-state index contributed by atoms with van der Waals surface area (Å²) in [6, 6.07) is 21.2. The molecule has 1 aliphatic rings. The molecule has 29 heavy (non-hydrogen) atoms. The summed E-state index contributed by atoms with van der Waals surface area (Å²) in [5.74, 6) is 0.951. The molecule has 0 fully saturated rings. The van der Waals surface area contributed by atoms with Crippen molar-refractivity contribution in [3.63, 3.8) is 0 Å². The molecule has 0 bridgehead atoms. The first-order valence-electron chi connectivity index (χ1n) is 8.83. The van der Waals surface area contributed by atoms with Crippen LogP contribution < -0.4 is 10.1 Å². The first-order valence-corrected chi connectivity index (χ1v) is 10.4. The maximum absolute atomic E-state index is 12.5. The van der Waals surface area contributed by atoms with Crippen LogP contribution in [0.15, 0.2) is 89.7 Å². The molecule has 3 aromatic rings. The number of carbonyl (C=O) groups is 1. The Hall–Kier alpha value is -3.64. The van der Waals surface area contributed by atoms with Gasteiger partial charge in [-0.2, -0.15) is 0 Å². The van der Waals surface area contributed by atoms with Gasteiger partial charge in [-0.15, -0.1) is 0 Å². The zero-order valence-electron chi connectivity index (χ0n) is 15.3. The van der Waals surface area contributed by atoms with E-state index in [1.807, 2.05) is 30.3 Å². The van der Waals surface area contributed by atoms with E-state index in [1.54, 1.807) is 36.4 Å². The molecule has 3 aromatic carbocycles. The summed E-state index contributed by atoms with van der Waals surface area (Å²) in [7, 11) is -3.44. The van der Waals surface area contributed by atoms with Crippen LogP contribution in [0.25, 0.3) is 11.6 Å². The number of sulfone groups is 1. The number of benzene rings is 3. The molecule has 1 amide bonds. The molecule has 4 rings (SSSR count). The van der Waals surface area contributed by atoms with Crippen LogP contribution in [-0.2, 0) is 14.6 Å². The highest BCUT2D eigenvalue weighted by Crippen LogP contribution is 2.30. The van der Waals surface area contributed by atoms with Gasteiger partial charge >= 0.3 is 0 Å². The minimum absolute atomic E-state index is 0.184. The summed E-state index contributed by atoms with van der Waals surface area (Å²) >= 11 is 0. The fourth-order valence-corrected chi connectivity index (χ4v) is 4.15. The lowest BCUT2D eigenvalue weighted by Gasteiger charge is -2.10. The molecule has 0 saturated heterocycles. The Morgan fingerprint density at radius 1 is 0.897 bits per heavy atom. The van der Waals surface area contributed by atoms with Crippen molar-refractivity contribution in [1.82, 2.24) is 0 Å². The zero-order valence-corrected chi connectivity index (χ0v) is 16.1. The van der Waals surface area contributed by atoms with Gasteiger partial charge in [-0.05, 0) is 53.6 Å². The largest absolute Gasteiger partial charge is 0.457 e. The number of anilines is 1. The van der Waals surface area contributed by atoms with Gasteiger partial charge in [-0.1, -0.05) is 43.0 Å². The van der Waals surface area contributed by atoms with Crippen LogP contribution in [0.5, 0.6) is 11.5 Å². The number of amides is 1. The molecule has 0 aliphatic carbocycles. The molecule has 0 saturated carbocycles. The monoisotopic (exact) mass is 403 g/mol. The second kappa shape index (κ2) is 7.41. The summed E-state index contributed by atoms with van der Waals surface area (Å²) in [5, 5.41) is 3.85. The van der Waals surface area contributed by atoms with Gasteiger partial charge < -0.3 is 10.1 Å². The molecular weight excluding hydrogens is 386 g/mol. The molecule has 0 unspecified atom stereocenters. The predicted molar refractivity (Wildman–Crippen MR) is 113 cm³/mol. The van der Waals surface area contributed by atoms with Gasteiger partial charge in [0, 0.05) is 16.7 Å². The van der Waals surface area contributed by atoms with Gasteiger partial charge in [0.25, 0.3) is 5.91 Å². The van der Waals surface area contributed by atoms with Crippen molar-refractivity contribution in [2.75, 3.05) is 5.32 Å². The molecule has 1 aliphatic heterocycles. The van der Waals surface area contributed by atoms with Crippen LogP contribution in [0, 0.1) is 0 Å². The van der Waals surface area contributed by atoms with Crippen LogP contribution in [0.1, 0.15) is 11.1 Å². The lowest BCUT2D eigenvalue weighted by molar-refractivity contribution is -0.111. The lowest BCUT2D eigenvalue weighted by atomic mass is 10.1. The predicted octanol–water partition coefficient (Wildman–Crippen LogP) is 4.89. The number of rotatable bonds is 5. The van der Waals surface area contributed by atoms with Crippen molar-refractivity contribution >= 4 is 33.1 Å². The Balaban J connectivity index is 1.45. The number of carbonyl (C=O) groups excluding carboxylic acids is 1. The number of hydrogen-bond acceptors (Lipinski definition) is 4. The number of para-hydroxylation sites is 1. The van der Waals surface area contributed by atoms with Gasteiger partial charge in [0.05, 0.1) is 4.90 Å². The third-order valence-electron chi connectivity index (χ3n) is 4.46. The maximum Gasteiger partial charge on any atom is 0.255 e. The Labute approximate surface area is 168 Å². The summed E-state index contributed by atoms with van der Waals surface area (Å²) in [6.07, 6.45) is 1.54. The highest BCUT2D eigenvalue weighted by Gasteiger charge is 2.21. The van der Waals surface area contributed by atoms with Gasteiger partial charge in [0.15, 0.2) is 0 Å². The molecule has 0 radical (unpaired) electrons. The van der Waals surface area contributed by atoms with E-state index in [0.717, 1.165) is 11.2 Å². The molecule has 0 spiro atoms. The van der Waals surface area contributed by atoms with Crippen molar-refractivity contribution in [1.29, 1.82) is 0 Å². The number of fused-ring (bicyclic) bond motifs is 1. The second-order valence-electron chi connectivity index (χ2n) is 6.47. The molecule has 0 aromatic heterocycles. The lowest BCUT2D eigenvalue weighted by Crippen LogP contribution is -2.13. The molecule has 144 valence electrons. The molecular formula is C23H17NO4S. The van der Waals surface area contributed by atoms with Crippen molar-refractivity contribution < 1.29 is 17.9 Å². The summed E-state index contributed by atoms with van der Waals surface area (Å²) in [5.41, 5.74) is 1.90. The Morgan fingerprint density at radius 3 is 2.31 bits per heavy atom. The van der Waals surface area contributed by atoms with Gasteiger partial charge in [0.1, 0.15) is 11.5 Å². The number of ether oxygens (including phenoxy) is 1. The Kier molecular flexibility index (Phi) is 4.78. The van der Waals surface area contributed by atoms with E-state index in [1.165, 1.54) is 12.1 Å². The fraction of sp³-hybridized carbons (Fsp3) is 0. The minimum Gasteiger partial charge on any atom is -0.457 e. The average Bonchev–Trinajstić information content (AvgIpc) is 3.03. The topological polar surface area (TPSA) is 72.5 Å². The average molecular weight is 403 g/mol. The van der Waals surface area contributed by atoms with E-state index in [-0.39, 0.29) is 10.5 Å². The SMILES string of the molecule is C=C(C(=O)Nc1ccc2c(c1)S(=O)(=O)C=C2)c1ccc(Oc2ccccc2)cc1. The summed E-state index contributed by atoms with van der Waals surface area (Å²) in [4.78, 5) is 12.7. The molecule has 1 N–H and O–H groups in total. The van der Waals surface area contributed by atoms with Crippen molar-refractivity contribution in [3.8, 4) is 11.5 Å². The number of hydrogen-bond donors (Lipinski definition) is 1. The molecule has 1 heterocycles. The Bertz CT molecular complexity index is 1230. The van der Waals surface area contributed by atoms with Crippen LogP contribution >= 0.6 is 0 Å². The van der Waals surface area contributed by atoms with Crippen molar-refractivity contribution in [2.45, 2.75) is 4.90 Å². The van der Waals surface area contributed by atoms with Gasteiger partial charge in [-0.3, -0.25) is 4.79 Å². The quantitative estimate of drug-likeness (QED) is 0.616. The minimum atomic E-state index is -3.44. The summed E-state index contributed by atoms with van der Waals surface area (Å²) < 4.78 is 29.7. The molecule has 5 nitrogen and oxygen atoms in total. The fourth-order valence-electron chi connectivity index (χ4n) is 2.92. The van der Waals surface area contributed by atoms with E-state index in [4.69, 9.17) is 4.74 Å². The van der Waals surface area contributed by atoms with Crippen molar-refractivity contribution in [3.05, 3.63) is 95.9 Å². The standard InChI is InChI=1S/C23H17NO4S/c1-16(17-8-11-21(12-9-17)28-20-5-3-2-4-6-20)23(25)24-19-10-7-18-13-14-29(26,27)22(18)15-19/h2-15H,1H2,(H,24,25). The first kappa shape index (κ1) is 18.7. The number of nitrogens with one attached hydrogen (secondary N) is 1. The van der Waals surface area contributed by atoms with Gasteiger partial charge in [0.2, 0.25) is 9.84 Å². The smallest absolute Gasteiger partial charge is 0.255 e. The Morgan fingerprint density at radius 2 is 1.59 bits per heavy atom. The van der Waals surface area contributed by atoms with Crippen LogP contribution in [0.3, 0.4) is 0 Å². The van der Waals surface area contributed by atoms with E-state index in [9.17, 15) is 13.2 Å². The highest BCUT2D eigenvalue weighted by molar-refractivity contribution is 7.94. The van der Waals surface area contributed by atoms with E-state index in [2.05, 4.69) is 11.9 Å². The van der Waals surface area contributed by atoms with E-state index >= 15 is 0 Å².